The van der Waals surface area contributed by atoms with Gasteiger partial charge in [-0.25, -0.2) is 23.1 Å². The molecule has 2 saturated heterocycles. The number of aromatic nitrogens is 8. The molecular weight excluding hydrogens is 684 g/mol. The molecule has 1 aliphatic carbocycles. The minimum absolute atomic E-state index is 0.0459. The molecule has 0 unspecified atom stereocenters. The van der Waals surface area contributed by atoms with Crippen LogP contribution in [0.15, 0.2) is 43.1 Å². The third-order valence-electron chi connectivity index (χ3n) is 9.68. The maximum absolute atomic E-state index is 11.7. The van der Waals surface area contributed by atoms with Gasteiger partial charge in [-0.15, -0.1) is 10.2 Å². The number of ether oxygens (including phenoxy) is 3. The fraction of sp³-hybridized carbons (Fsp3) is 0.576. The summed E-state index contributed by atoms with van der Waals surface area (Å²) in [4.78, 5) is 11.9. The Morgan fingerprint density at radius 1 is 1.02 bits per heavy atom. The van der Waals surface area contributed by atoms with Gasteiger partial charge in [-0.2, -0.15) is 0 Å². The highest BCUT2D eigenvalue weighted by molar-refractivity contribution is 7.90. The maximum Gasteiger partial charge on any atom is 0.256 e. The number of sulfone groups is 1. The Hall–Kier alpha value is -3.86. The van der Waals surface area contributed by atoms with Crippen LogP contribution in [-0.4, -0.2) is 109 Å². The Bertz CT molecular complexity index is 1820. The van der Waals surface area contributed by atoms with Crippen molar-refractivity contribution < 1.29 is 22.6 Å². The minimum atomic E-state index is -3.09. The van der Waals surface area contributed by atoms with E-state index in [-0.39, 0.29) is 24.5 Å². The largest absolute Gasteiger partial charge is 0.487 e. The standard InChI is InChI=1S/C33H43ClN10O5S/c1-22(17-42-21-37-40-41-42)49-31-14-23(4-11-29(31)34)24-15-35-33(36-16-24)38-30-18-43(39-32(30)48-12-3-13-50(2,45)46)25-5-7-26(8-6-25)44-27-9-10-28(44)20-47-19-27/h4,11,14-16,18,21-22,25-28H,3,5-10,12-13,17,19-20H2,1-2H3,(H,35,36,38)/t22-,25-,26-,27-,28+/m0/s1. The number of fused-ring (bicyclic) bond motifs is 2. The second-order valence-electron chi connectivity index (χ2n) is 13.5. The molecule has 1 saturated carbocycles. The molecule has 3 fully saturated rings. The summed E-state index contributed by atoms with van der Waals surface area (Å²) >= 11 is 6.45. The summed E-state index contributed by atoms with van der Waals surface area (Å²) < 4.78 is 44.9. The van der Waals surface area contributed by atoms with Crippen molar-refractivity contribution in [2.75, 3.05) is 37.1 Å². The Morgan fingerprint density at radius 2 is 1.74 bits per heavy atom. The first-order chi connectivity index (χ1) is 24.2. The maximum atomic E-state index is 11.7. The number of nitrogens with zero attached hydrogens (tertiary/aromatic N) is 9. The van der Waals surface area contributed by atoms with Gasteiger partial charge in [0.2, 0.25) is 5.95 Å². The minimum Gasteiger partial charge on any atom is -0.487 e. The Morgan fingerprint density at radius 3 is 2.44 bits per heavy atom. The van der Waals surface area contributed by atoms with E-state index in [0.717, 1.165) is 50.0 Å². The number of tetrazole rings is 1. The van der Waals surface area contributed by atoms with E-state index >= 15 is 0 Å². The van der Waals surface area contributed by atoms with Gasteiger partial charge in [0, 0.05) is 42.3 Å². The van der Waals surface area contributed by atoms with Crippen molar-refractivity contribution in [2.45, 2.75) is 88.7 Å². The zero-order valence-corrected chi connectivity index (χ0v) is 29.8. The van der Waals surface area contributed by atoms with Gasteiger partial charge in [-0.05, 0) is 80.0 Å². The first-order valence-electron chi connectivity index (χ1n) is 17.2. The molecule has 1 aromatic carbocycles. The van der Waals surface area contributed by atoms with Gasteiger partial charge in [-0.1, -0.05) is 17.7 Å². The molecule has 2 aliphatic heterocycles. The summed E-state index contributed by atoms with van der Waals surface area (Å²) in [7, 11) is -3.09. The molecule has 3 aliphatic rings. The molecule has 17 heteroatoms. The average molecular weight is 727 g/mol. The molecule has 50 heavy (non-hydrogen) atoms. The molecular formula is C33H43ClN10O5S. The van der Waals surface area contributed by atoms with E-state index in [1.165, 1.54) is 25.4 Å². The van der Waals surface area contributed by atoms with Gasteiger partial charge in [0.1, 0.15) is 33.7 Å². The van der Waals surface area contributed by atoms with Gasteiger partial charge >= 0.3 is 0 Å². The number of nitrogens with one attached hydrogen (secondary N) is 1. The van der Waals surface area contributed by atoms with Crippen LogP contribution >= 0.6 is 11.6 Å². The number of hydrogen-bond donors (Lipinski definition) is 1. The molecule has 1 N–H and O–H groups in total. The highest BCUT2D eigenvalue weighted by atomic mass is 35.5. The second-order valence-corrected chi connectivity index (χ2v) is 16.2. The van der Waals surface area contributed by atoms with Crippen molar-refractivity contribution in [3.05, 3.63) is 48.1 Å². The summed E-state index contributed by atoms with van der Waals surface area (Å²) in [5.41, 5.74) is 2.25. The SMILES string of the molecule is C[C@@H](Cn1cnnn1)Oc1cc(-c2cnc(Nc3cn([C@H]4CC[C@H](N5[C@@H]6CC[C@H]5COC6)CC4)nc3OCCCS(C)(=O)=O)nc2)ccc1Cl. The van der Waals surface area contributed by atoms with Crippen LogP contribution in [0.2, 0.25) is 5.02 Å². The lowest BCUT2D eigenvalue weighted by atomic mass is 9.89. The highest BCUT2D eigenvalue weighted by Crippen LogP contribution is 2.39. The molecule has 0 radical (unpaired) electrons. The predicted octanol–water partition coefficient (Wildman–Crippen LogP) is 4.35. The van der Waals surface area contributed by atoms with Crippen molar-refractivity contribution in [2.24, 2.45) is 0 Å². The van der Waals surface area contributed by atoms with E-state index in [1.807, 2.05) is 29.9 Å². The monoisotopic (exact) mass is 726 g/mol. The predicted molar refractivity (Wildman–Crippen MR) is 186 cm³/mol. The third kappa shape index (κ3) is 8.36. The summed E-state index contributed by atoms with van der Waals surface area (Å²) in [5, 5.41) is 19.8. The lowest BCUT2D eigenvalue weighted by Gasteiger charge is -2.43. The number of rotatable bonds is 14. The average Bonchev–Trinajstić information content (AvgIpc) is 3.82. The summed E-state index contributed by atoms with van der Waals surface area (Å²) in [6.45, 7) is 4.31. The summed E-state index contributed by atoms with van der Waals surface area (Å²) in [6, 6.07) is 7.46. The molecule has 5 heterocycles. The lowest BCUT2D eigenvalue weighted by molar-refractivity contribution is -0.0458. The van der Waals surface area contributed by atoms with Crippen LogP contribution in [0.25, 0.3) is 11.1 Å². The van der Waals surface area contributed by atoms with Crippen LogP contribution in [0.3, 0.4) is 0 Å². The van der Waals surface area contributed by atoms with E-state index in [1.54, 1.807) is 23.1 Å². The van der Waals surface area contributed by atoms with Gasteiger partial charge in [0.05, 0.1) is 49.4 Å². The van der Waals surface area contributed by atoms with Crippen LogP contribution in [-0.2, 0) is 21.1 Å². The Balaban J connectivity index is 1.02. The zero-order chi connectivity index (χ0) is 34.7. The van der Waals surface area contributed by atoms with Gasteiger partial charge in [-0.3, -0.25) is 9.58 Å². The summed E-state index contributed by atoms with van der Waals surface area (Å²) in [6.07, 6.45) is 15.0. The molecule has 3 atom stereocenters. The highest BCUT2D eigenvalue weighted by Gasteiger charge is 2.42. The number of halogens is 1. The number of benzene rings is 1. The van der Waals surface area contributed by atoms with Gasteiger partial charge in [0.25, 0.3) is 5.88 Å². The zero-order valence-electron chi connectivity index (χ0n) is 28.3. The first kappa shape index (κ1) is 34.6. The van der Waals surface area contributed by atoms with Crippen LogP contribution in [0, 0.1) is 0 Å². The summed E-state index contributed by atoms with van der Waals surface area (Å²) in [5.74, 6) is 1.35. The van der Waals surface area contributed by atoms with Gasteiger partial charge < -0.3 is 19.5 Å². The molecule has 4 aromatic rings. The molecule has 3 aromatic heterocycles. The molecule has 0 spiro atoms. The number of morpholine rings is 1. The van der Waals surface area contributed by atoms with E-state index in [2.05, 4.69) is 35.7 Å². The van der Waals surface area contributed by atoms with Crippen molar-refractivity contribution >= 4 is 33.1 Å². The van der Waals surface area contributed by atoms with E-state index in [0.29, 0.717) is 59.4 Å². The molecule has 15 nitrogen and oxygen atoms in total. The van der Waals surface area contributed by atoms with E-state index in [9.17, 15) is 8.42 Å². The Labute approximate surface area is 296 Å². The van der Waals surface area contributed by atoms with Crippen LogP contribution in [0.4, 0.5) is 11.6 Å². The van der Waals surface area contributed by atoms with Crippen molar-refractivity contribution in [3.8, 4) is 22.8 Å². The number of hydrogen-bond acceptors (Lipinski definition) is 13. The lowest BCUT2D eigenvalue weighted by Crippen LogP contribution is -2.52. The first-order valence-corrected chi connectivity index (χ1v) is 19.6. The van der Waals surface area contributed by atoms with Crippen molar-refractivity contribution in [1.82, 2.24) is 44.9 Å². The van der Waals surface area contributed by atoms with Crippen molar-refractivity contribution in [3.63, 3.8) is 0 Å². The van der Waals surface area contributed by atoms with Gasteiger partial charge in [0.15, 0.2) is 0 Å². The topological polar surface area (TPSA) is 164 Å². The van der Waals surface area contributed by atoms with Crippen LogP contribution < -0.4 is 14.8 Å². The van der Waals surface area contributed by atoms with Crippen molar-refractivity contribution in [1.29, 1.82) is 0 Å². The fourth-order valence-corrected chi connectivity index (χ4v) is 8.14. The van der Waals surface area contributed by atoms with Crippen LogP contribution in [0.1, 0.15) is 57.9 Å². The van der Waals surface area contributed by atoms with Crippen LogP contribution in [0.5, 0.6) is 11.6 Å². The molecule has 2 bridgehead atoms. The Kier molecular flexibility index (Phi) is 10.5. The third-order valence-corrected chi connectivity index (χ3v) is 11.0. The van der Waals surface area contributed by atoms with E-state index in [4.69, 9.17) is 30.9 Å². The second kappa shape index (κ2) is 15.2. The quantitative estimate of drug-likeness (QED) is 0.183. The molecule has 7 rings (SSSR count). The molecule has 0 amide bonds. The molecule has 268 valence electrons. The normalized spacial score (nSPS) is 23.1. The van der Waals surface area contributed by atoms with E-state index < -0.39 is 9.84 Å². The number of anilines is 2. The fourth-order valence-electron chi connectivity index (χ4n) is 7.34. The smallest absolute Gasteiger partial charge is 0.256 e.